The Morgan fingerprint density at radius 1 is 1.09 bits per heavy atom. The van der Waals surface area contributed by atoms with Crippen LogP contribution in [0.15, 0.2) is 0 Å². The molecule has 0 aromatic rings. The van der Waals surface area contributed by atoms with Gasteiger partial charge in [-0.25, -0.2) is 0 Å². The molecule has 0 spiro atoms. The highest BCUT2D eigenvalue weighted by molar-refractivity contribution is 6.30. The lowest BCUT2D eigenvalue weighted by molar-refractivity contribution is -0.119. The molecule has 0 amide bonds. The van der Waals surface area contributed by atoms with E-state index in [9.17, 15) is 4.79 Å². The maximum absolute atomic E-state index is 11.0. The molecule has 0 aromatic carbocycles. The van der Waals surface area contributed by atoms with E-state index in [-0.39, 0.29) is 10.8 Å². The molecule has 2 atom stereocenters. The second kappa shape index (κ2) is 4.32. The number of carbonyl (C=O) groups excluding carboxylic acids is 1. The van der Waals surface area contributed by atoms with Crippen molar-refractivity contribution in [3.63, 3.8) is 0 Å². The second-order valence-corrected chi connectivity index (χ2v) is 4.12. The van der Waals surface area contributed by atoms with Crippen molar-refractivity contribution >= 4 is 29.0 Å². The minimum absolute atomic E-state index is 0.0130. The van der Waals surface area contributed by atoms with Crippen LogP contribution in [0.5, 0.6) is 0 Å². The molecule has 1 saturated carbocycles. The quantitative estimate of drug-likeness (QED) is 0.543. The maximum atomic E-state index is 11.0. The van der Waals surface area contributed by atoms with Crippen molar-refractivity contribution in [3.05, 3.63) is 0 Å². The number of carbonyl (C=O) groups is 1. The molecule has 0 aliphatic heterocycles. The van der Waals surface area contributed by atoms with Gasteiger partial charge < -0.3 is 0 Å². The largest absolute Gasteiger partial charge is 0.300 e. The lowest BCUT2D eigenvalue weighted by atomic mass is 9.99. The Balaban J connectivity index is 2.40. The Morgan fingerprint density at radius 2 is 1.73 bits per heavy atom. The van der Waals surface area contributed by atoms with Crippen LogP contribution in [0.2, 0.25) is 0 Å². The van der Waals surface area contributed by atoms with Gasteiger partial charge in [0.15, 0.2) is 0 Å². The lowest BCUT2D eigenvalue weighted by Crippen LogP contribution is -2.19. The zero-order valence-corrected chi connectivity index (χ0v) is 7.87. The highest BCUT2D eigenvalue weighted by Gasteiger charge is 2.20. The van der Waals surface area contributed by atoms with Crippen molar-refractivity contribution in [2.45, 2.75) is 42.9 Å². The van der Waals surface area contributed by atoms with Gasteiger partial charge in [-0.2, -0.15) is 0 Å². The van der Waals surface area contributed by atoms with Crippen molar-refractivity contribution in [2.75, 3.05) is 0 Å². The van der Waals surface area contributed by atoms with Gasteiger partial charge in [0, 0.05) is 18.2 Å². The predicted molar refractivity (Wildman–Crippen MR) is 47.4 cm³/mol. The molecular weight excluding hydrogens is 183 g/mol. The third-order valence-corrected chi connectivity index (χ3v) is 3.20. The van der Waals surface area contributed by atoms with Gasteiger partial charge in [0.05, 0.1) is 5.38 Å². The van der Waals surface area contributed by atoms with Crippen molar-refractivity contribution in [3.8, 4) is 0 Å². The minimum atomic E-state index is -0.0130. The van der Waals surface area contributed by atoms with Crippen LogP contribution in [-0.2, 0) is 4.79 Å². The Morgan fingerprint density at radius 3 is 2.45 bits per heavy atom. The summed E-state index contributed by atoms with van der Waals surface area (Å²) in [6.45, 7) is 0. The first-order valence-corrected chi connectivity index (χ1v) is 4.87. The van der Waals surface area contributed by atoms with E-state index < -0.39 is 0 Å². The molecule has 1 aliphatic rings. The van der Waals surface area contributed by atoms with E-state index >= 15 is 0 Å². The molecular formula is C8H12Cl2O. The first kappa shape index (κ1) is 9.34. The molecule has 1 fully saturated rings. The highest BCUT2D eigenvalue weighted by atomic mass is 35.5. The minimum Gasteiger partial charge on any atom is -0.300 e. The fraction of sp³-hybridized carbons (Fsp3) is 0.875. The zero-order chi connectivity index (χ0) is 8.27. The molecule has 0 N–H and O–H groups in total. The Kier molecular flexibility index (Phi) is 3.67. The zero-order valence-electron chi connectivity index (χ0n) is 6.35. The van der Waals surface area contributed by atoms with Crippen LogP contribution in [-0.4, -0.2) is 16.5 Å². The van der Waals surface area contributed by atoms with E-state index in [0.29, 0.717) is 18.6 Å². The summed E-state index contributed by atoms with van der Waals surface area (Å²) in [5.74, 6) is 0.333. The summed E-state index contributed by atoms with van der Waals surface area (Å²) in [5.41, 5.74) is 0. The summed E-state index contributed by atoms with van der Waals surface area (Å²) in [6.07, 6.45) is 3.82. The molecule has 1 aliphatic carbocycles. The van der Waals surface area contributed by atoms with Crippen LogP contribution in [0.4, 0.5) is 0 Å². The Labute approximate surface area is 77.1 Å². The fourth-order valence-electron chi connectivity index (χ4n) is 1.28. The molecule has 0 bridgehead atoms. The normalized spacial score (nSPS) is 34.5. The Bertz CT molecular complexity index is 147. The smallest absolute Gasteiger partial charge is 0.132 e. The average molecular weight is 195 g/mol. The van der Waals surface area contributed by atoms with Gasteiger partial charge in [0.25, 0.3) is 0 Å². The molecule has 0 heterocycles. The van der Waals surface area contributed by atoms with Crippen LogP contribution >= 0.6 is 23.2 Å². The van der Waals surface area contributed by atoms with Gasteiger partial charge >= 0.3 is 0 Å². The van der Waals surface area contributed by atoms with Crippen LogP contribution in [0, 0.1) is 0 Å². The second-order valence-electron chi connectivity index (χ2n) is 3.00. The van der Waals surface area contributed by atoms with Gasteiger partial charge in [0.1, 0.15) is 5.78 Å². The third kappa shape index (κ3) is 3.00. The van der Waals surface area contributed by atoms with Crippen molar-refractivity contribution < 1.29 is 4.79 Å². The SMILES string of the molecule is O=C1CCC[C@@H](Cl)[C@H](Cl)CC1. The summed E-state index contributed by atoms with van der Waals surface area (Å²) >= 11 is 11.9. The molecule has 64 valence electrons. The number of hydrogen-bond donors (Lipinski definition) is 0. The predicted octanol–water partition coefficient (Wildman–Crippen LogP) is 2.73. The number of alkyl halides is 2. The molecule has 1 nitrogen and oxygen atoms in total. The summed E-state index contributed by atoms with van der Waals surface area (Å²) in [7, 11) is 0. The van der Waals surface area contributed by atoms with Gasteiger partial charge in [-0.3, -0.25) is 4.79 Å². The van der Waals surface area contributed by atoms with E-state index in [1.165, 1.54) is 0 Å². The van der Waals surface area contributed by atoms with Gasteiger partial charge in [-0.05, 0) is 19.3 Å². The van der Waals surface area contributed by atoms with E-state index in [2.05, 4.69) is 0 Å². The summed E-state index contributed by atoms with van der Waals surface area (Å²) in [5, 5.41) is 0.0469. The third-order valence-electron chi connectivity index (χ3n) is 2.03. The van der Waals surface area contributed by atoms with Crippen LogP contribution in [0.1, 0.15) is 32.1 Å². The molecule has 3 heteroatoms. The maximum Gasteiger partial charge on any atom is 0.132 e. The van der Waals surface area contributed by atoms with Crippen molar-refractivity contribution in [1.82, 2.24) is 0 Å². The van der Waals surface area contributed by atoms with E-state index in [4.69, 9.17) is 23.2 Å². The molecule has 11 heavy (non-hydrogen) atoms. The van der Waals surface area contributed by atoms with Crippen molar-refractivity contribution in [2.24, 2.45) is 0 Å². The van der Waals surface area contributed by atoms with E-state index in [1.807, 2.05) is 0 Å². The van der Waals surface area contributed by atoms with Gasteiger partial charge in [-0.1, -0.05) is 0 Å². The van der Waals surface area contributed by atoms with Crippen LogP contribution < -0.4 is 0 Å². The highest BCUT2D eigenvalue weighted by Crippen LogP contribution is 2.23. The number of ketones is 1. The molecule has 0 unspecified atom stereocenters. The number of rotatable bonds is 0. The fourth-order valence-corrected chi connectivity index (χ4v) is 1.80. The monoisotopic (exact) mass is 194 g/mol. The summed E-state index contributed by atoms with van der Waals surface area (Å²) in [4.78, 5) is 11.0. The average Bonchev–Trinajstić information content (AvgIpc) is 1.98. The molecule has 0 radical (unpaired) electrons. The van der Waals surface area contributed by atoms with Crippen LogP contribution in [0.25, 0.3) is 0 Å². The first-order valence-electron chi connectivity index (χ1n) is 4.00. The standard InChI is InChI=1S/C8H12Cl2O/c9-7-3-1-2-6(11)4-5-8(7)10/h7-8H,1-5H2/t7-,8-/m1/s1. The number of hydrogen-bond acceptors (Lipinski definition) is 1. The van der Waals surface area contributed by atoms with E-state index in [1.54, 1.807) is 0 Å². The lowest BCUT2D eigenvalue weighted by Gasteiger charge is -2.18. The van der Waals surface area contributed by atoms with Gasteiger partial charge in [-0.15, -0.1) is 23.2 Å². The summed E-state index contributed by atoms with van der Waals surface area (Å²) in [6, 6.07) is 0. The molecule has 0 aromatic heterocycles. The number of Topliss-reactive ketones (excluding diaryl/α,β-unsaturated/α-hetero) is 1. The van der Waals surface area contributed by atoms with Crippen LogP contribution in [0.3, 0.4) is 0 Å². The topological polar surface area (TPSA) is 17.1 Å². The number of halogens is 2. The summed E-state index contributed by atoms with van der Waals surface area (Å²) < 4.78 is 0. The van der Waals surface area contributed by atoms with Gasteiger partial charge in [0.2, 0.25) is 0 Å². The van der Waals surface area contributed by atoms with Crippen molar-refractivity contribution in [1.29, 1.82) is 0 Å². The molecule has 1 rings (SSSR count). The first-order chi connectivity index (χ1) is 5.20. The Hall–Kier alpha value is 0.250. The van der Waals surface area contributed by atoms with E-state index in [0.717, 1.165) is 19.3 Å². The molecule has 0 saturated heterocycles.